The van der Waals surface area contributed by atoms with Crippen LogP contribution in [0.5, 0.6) is 5.75 Å². The van der Waals surface area contributed by atoms with Gasteiger partial charge in [-0.1, -0.05) is 13.0 Å². The van der Waals surface area contributed by atoms with Crippen molar-refractivity contribution in [2.24, 2.45) is 17.3 Å². The molecular formula is C18H26O6S. The summed E-state index contributed by atoms with van der Waals surface area (Å²) in [5.41, 5.74) is 2.99. The zero-order valence-corrected chi connectivity index (χ0v) is 15.1. The van der Waals surface area contributed by atoms with Gasteiger partial charge in [0.1, 0.15) is 5.75 Å². The Morgan fingerprint density at radius 2 is 1.80 bits per heavy atom. The molecule has 0 saturated heterocycles. The number of hydrogen-bond acceptors (Lipinski definition) is 4. The fraction of sp³-hybridized carbons (Fsp3) is 0.667. The van der Waals surface area contributed by atoms with Crippen molar-refractivity contribution in [1.82, 2.24) is 0 Å². The summed E-state index contributed by atoms with van der Waals surface area (Å²) in [6.45, 7) is 2.32. The van der Waals surface area contributed by atoms with Crippen molar-refractivity contribution in [3.8, 4) is 5.75 Å². The first-order valence-electron chi connectivity index (χ1n) is 8.79. The van der Waals surface area contributed by atoms with E-state index in [0.29, 0.717) is 17.6 Å². The van der Waals surface area contributed by atoms with Gasteiger partial charge < -0.3 is 10.2 Å². The summed E-state index contributed by atoms with van der Waals surface area (Å²) in [5, 5.41) is 20.0. The van der Waals surface area contributed by atoms with Crippen LogP contribution in [0.1, 0.15) is 56.1 Å². The molecule has 0 spiro atoms. The summed E-state index contributed by atoms with van der Waals surface area (Å²) in [6.07, 6.45) is 6.78. The van der Waals surface area contributed by atoms with Crippen LogP contribution in [0, 0.1) is 17.3 Å². The monoisotopic (exact) mass is 370 g/mol. The second kappa shape index (κ2) is 6.54. The maximum atomic E-state index is 10.4. The minimum atomic E-state index is -4.67. The maximum Gasteiger partial charge on any atom is 0.394 e. The molecule has 7 heteroatoms. The van der Waals surface area contributed by atoms with Crippen LogP contribution in [-0.4, -0.2) is 33.8 Å². The van der Waals surface area contributed by atoms with E-state index in [2.05, 4.69) is 13.0 Å². The lowest BCUT2D eigenvalue weighted by molar-refractivity contribution is -0.0226. The smallest absolute Gasteiger partial charge is 0.394 e. The Morgan fingerprint density at radius 1 is 1.12 bits per heavy atom. The predicted molar refractivity (Wildman–Crippen MR) is 92.9 cm³/mol. The molecule has 4 N–H and O–H groups in total. The van der Waals surface area contributed by atoms with Gasteiger partial charge >= 0.3 is 10.4 Å². The van der Waals surface area contributed by atoms with Gasteiger partial charge in [-0.3, -0.25) is 9.11 Å². The van der Waals surface area contributed by atoms with Gasteiger partial charge in [-0.25, -0.2) is 0 Å². The van der Waals surface area contributed by atoms with E-state index in [-0.39, 0.29) is 11.5 Å². The van der Waals surface area contributed by atoms with Crippen molar-refractivity contribution in [2.45, 2.75) is 57.5 Å². The van der Waals surface area contributed by atoms with E-state index in [1.165, 1.54) is 30.4 Å². The van der Waals surface area contributed by atoms with Crippen LogP contribution in [0.15, 0.2) is 18.2 Å². The number of aryl methyl sites for hydroxylation is 1. The van der Waals surface area contributed by atoms with E-state index < -0.39 is 10.4 Å². The molecule has 140 valence electrons. The molecule has 2 saturated carbocycles. The van der Waals surface area contributed by atoms with Gasteiger partial charge in [0.25, 0.3) is 0 Å². The summed E-state index contributed by atoms with van der Waals surface area (Å²) in [5.74, 6) is 2.49. The van der Waals surface area contributed by atoms with Crippen LogP contribution in [0.25, 0.3) is 0 Å². The Morgan fingerprint density at radius 3 is 2.48 bits per heavy atom. The van der Waals surface area contributed by atoms with Crippen molar-refractivity contribution >= 4 is 10.4 Å². The summed E-state index contributed by atoms with van der Waals surface area (Å²) in [7, 11) is -4.67. The van der Waals surface area contributed by atoms with Crippen molar-refractivity contribution in [1.29, 1.82) is 0 Å². The van der Waals surface area contributed by atoms with Crippen molar-refractivity contribution in [2.75, 3.05) is 0 Å². The minimum Gasteiger partial charge on any atom is -0.508 e. The van der Waals surface area contributed by atoms with Crippen LogP contribution in [0.4, 0.5) is 0 Å². The molecule has 0 heterocycles. The summed E-state index contributed by atoms with van der Waals surface area (Å²) >= 11 is 0. The second-order valence-corrected chi connectivity index (χ2v) is 8.78. The quantitative estimate of drug-likeness (QED) is 0.522. The lowest BCUT2D eigenvalue weighted by atomic mass is 9.55. The number of rotatable bonds is 0. The topological polar surface area (TPSA) is 115 Å². The highest BCUT2D eigenvalue weighted by atomic mass is 32.3. The molecule has 0 bridgehead atoms. The van der Waals surface area contributed by atoms with Crippen LogP contribution < -0.4 is 0 Å². The number of fused-ring (bicyclic) bond motifs is 5. The molecule has 3 aliphatic carbocycles. The highest BCUT2D eigenvalue weighted by Crippen LogP contribution is 2.60. The Hall–Kier alpha value is -1.15. The first-order chi connectivity index (χ1) is 11.6. The molecule has 1 unspecified atom stereocenters. The summed E-state index contributed by atoms with van der Waals surface area (Å²) < 4.78 is 31.6. The molecule has 3 aliphatic rings. The molecule has 25 heavy (non-hydrogen) atoms. The van der Waals surface area contributed by atoms with Crippen molar-refractivity contribution in [3.05, 3.63) is 29.3 Å². The average Bonchev–Trinajstić information content (AvgIpc) is 2.81. The lowest BCUT2D eigenvalue weighted by Crippen LogP contribution is -2.43. The van der Waals surface area contributed by atoms with Gasteiger partial charge in [0.2, 0.25) is 0 Å². The Kier molecular flexibility index (Phi) is 4.87. The van der Waals surface area contributed by atoms with Gasteiger partial charge in [-0.05, 0) is 85.0 Å². The first-order valence-corrected chi connectivity index (χ1v) is 10.2. The van der Waals surface area contributed by atoms with E-state index in [9.17, 15) is 10.2 Å². The van der Waals surface area contributed by atoms with Crippen LogP contribution in [0.2, 0.25) is 0 Å². The second-order valence-electron chi connectivity index (χ2n) is 7.88. The maximum absolute atomic E-state index is 10.4. The number of aromatic hydroxyl groups is 1. The number of hydrogen-bond donors (Lipinski definition) is 4. The fourth-order valence-electron chi connectivity index (χ4n) is 5.54. The van der Waals surface area contributed by atoms with E-state index in [1.807, 2.05) is 12.1 Å². The van der Waals surface area contributed by atoms with Gasteiger partial charge in [0.15, 0.2) is 0 Å². The molecule has 6 nitrogen and oxygen atoms in total. The Balaban J connectivity index is 0.000000324. The third kappa shape index (κ3) is 3.69. The minimum absolute atomic E-state index is 0.0883. The summed E-state index contributed by atoms with van der Waals surface area (Å²) in [4.78, 5) is 0. The number of aliphatic hydroxyl groups is 1. The van der Waals surface area contributed by atoms with E-state index >= 15 is 0 Å². The molecule has 0 amide bonds. The molecule has 2 fully saturated rings. The van der Waals surface area contributed by atoms with Crippen LogP contribution in [-0.2, 0) is 16.8 Å². The van der Waals surface area contributed by atoms with E-state index in [1.54, 1.807) is 0 Å². The van der Waals surface area contributed by atoms with E-state index in [0.717, 1.165) is 25.2 Å². The van der Waals surface area contributed by atoms with Gasteiger partial charge in [0.05, 0.1) is 6.10 Å². The highest BCUT2D eigenvalue weighted by molar-refractivity contribution is 7.79. The fourth-order valence-corrected chi connectivity index (χ4v) is 5.54. The Labute approximate surface area is 148 Å². The van der Waals surface area contributed by atoms with Crippen LogP contribution >= 0.6 is 0 Å². The molecule has 1 aromatic rings. The third-order valence-corrected chi connectivity index (χ3v) is 6.66. The first kappa shape index (κ1) is 18.6. The van der Waals surface area contributed by atoms with E-state index in [4.69, 9.17) is 17.5 Å². The van der Waals surface area contributed by atoms with Crippen molar-refractivity contribution in [3.63, 3.8) is 0 Å². The molecular weight excluding hydrogens is 344 g/mol. The zero-order valence-electron chi connectivity index (χ0n) is 14.3. The zero-order chi connectivity index (χ0) is 18.4. The highest BCUT2D eigenvalue weighted by Gasteiger charge is 2.54. The van der Waals surface area contributed by atoms with Crippen molar-refractivity contribution < 1.29 is 27.7 Å². The normalized spacial score (nSPS) is 36.5. The number of benzene rings is 1. The van der Waals surface area contributed by atoms with Gasteiger partial charge in [0, 0.05) is 0 Å². The molecule has 0 radical (unpaired) electrons. The SMILES string of the molecule is C[C@]12CC[C@@H]3c4ccc(O)cc4CC[C@H]3[C@@H]1CCC2O.O=S(=O)(O)O. The van der Waals surface area contributed by atoms with Crippen LogP contribution in [0.3, 0.4) is 0 Å². The third-order valence-electron chi connectivity index (χ3n) is 6.66. The molecule has 0 aliphatic heterocycles. The Bertz CT molecular complexity index is 738. The van der Waals surface area contributed by atoms with Gasteiger partial charge in [-0.2, -0.15) is 8.42 Å². The summed E-state index contributed by atoms with van der Waals surface area (Å²) in [6, 6.07) is 5.96. The molecule has 1 aromatic carbocycles. The number of aliphatic hydroxyl groups excluding tert-OH is 1. The average molecular weight is 370 g/mol. The molecule has 0 aromatic heterocycles. The molecule has 4 rings (SSSR count). The lowest BCUT2D eigenvalue weighted by Gasteiger charge is -2.50. The van der Waals surface area contributed by atoms with Gasteiger partial charge in [-0.15, -0.1) is 0 Å². The largest absolute Gasteiger partial charge is 0.508 e. The predicted octanol–water partition coefficient (Wildman–Crippen LogP) is 2.96. The number of phenols is 1. The molecule has 5 atom stereocenters. The number of phenolic OH excluding ortho intramolecular Hbond substituents is 1. The standard InChI is InChI=1S/C18H24O2.H2O4S/c1-18-9-8-14-13-5-3-12(19)10-11(13)2-4-15(14)16(18)6-7-17(18)20;1-5(2,3)4/h3,5,10,14-17,19-20H,2,4,6-9H2,1H3;(H2,1,2,3,4)/t14-,15-,16+,17?,18+;/m1./s1.